The summed E-state index contributed by atoms with van der Waals surface area (Å²) >= 11 is 5.35. The number of halogens is 2. The predicted molar refractivity (Wildman–Crippen MR) is 60.2 cm³/mol. The monoisotopic (exact) mass is 255 g/mol. The standard InChI is InChI=1S/C10H7ClFN3O2/c1-5-2-6(4-13-3-5)15-9(16)7(12)8(11)14-10(15)17/h2-4H,1H3,(H,14,17). The van der Waals surface area contributed by atoms with Crippen molar-refractivity contribution in [2.75, 3.05) is 0 Å². The van der Waals surface area contributed by atoms with E-state index in [0.29, 0.717) is 4.57 Å². The maximum atomic E-state index is 13.3. The Hall–Kier alpha value is -1.95. The summed E-state index contributed by atoms with van der Waals surface area (Å²) < 4.78 is 13.9. The third kappa shape index (κ3) is 1.99. The molecule has 17 heavy (non-hydrogen) atoms. The van der Waals surface area contributed by atoms with E-state index in [2.05, 4.69) is 4.98 Å². The van der Waals surface area contributed by atoms with Crippen LogP contribution in [0.15, 0.2) is 28.0 Å². The van der Waals surface area contributed by atoms with Crippen LogP contribution in [0.3, 0.4) is 0 Å². The lowest BCUT2D eigenvalue weighted by Gasteiger charge is -2.05. The topological polar surface area (TPSA) is 67.8 Å². The SMILES string of the molecule is Cc1cncc(-n2c(=O)[nH]c(Cl)c(F)c2=O)c1. The van der Waals surface area contributed by atoms with Crippen molar-refractivity contribution in [2.24, 2.45) is 0 Å². The zero-order valence-corrected chi connectivity index (χ0v) is 9.45. The Morgan fingerprint density at radius 1 is 1.41 bits per heavy atom. The first-order valence-corrected chi connectivity index (χ1v) is 5.01. The van der Waals surface area contributed by atoms with Crippen molar-refractivity contribution in [3.63, 3.8) is 0 Å². The Labute approximate surface area is 99.5 Å². The van der Waals surface area contributed by atoms with Gasteiger partial charge in [0.25, 0.3) is 5.56 Å². The summed E-state index contributed by atoms with van der Waals surface area (Å²) in [5.41, 5.74) is -0.990. The normalized spacial score (nSPS) is 10.5. The molecule has 0 fully saturated rings. The third-order valence-corrected chi connectivity index (χ3v) is 2.38. The van der Waals surface area contributed by atoms with Crippen molar-refractivity contribution in [3.05, 3.63) is 55.8 Å². The lowest BCUT2D eigenvalue weighted by Crippen LogP contribution is -2.35. The predicted octanol–water partition coefficient (Wildman–Crippen LogP) is 1.02. The number of nitrogens with one attached hydrogen (secondary N) is 1. The fourth-order valence-corrected chi connectivity index (χ4v) is 1.55. The van der Waals surface area contributed by atoms with Crippen LogP contribution in [0.5, 0.6) is 0 Å². The number of rotatable bonds is 1. The van der Waals surface area contributed by atoms with E-state index in [1.165, 1.54) is 12.3 Å². The third-order valence-electron chi connectivity index (χ3n) is 2.12. The number of aromatic nitrogens is 3. The molecule has 0 aliphatic heterocycles. The van der Waals surface area contributed by atoms with Gasteiger partial charge in [0.15, 0.2) is 5.15 Å². The molecule has 0 atom stereocenters. The van der Waals surface area contributed by atoms with Crippen LogP contribution in [0.25, 0.3) is 5.69 Å². The highest BCUT2D eigenvalue weighted by molar-refractivity contribution is 6.29. The molecule has 88 valence electrons. The van der Waals surface area contributed by atoms with Crippen LogP contribution in [-0.4, -0.2) is 14.5 Å². The fraction of sp³-hybridized carbons (Fsp3) is 0.100. The molecule has 0 aliphatic rings. The molecule has 0 aromatic carbocycles. The second-order valence-corrected chi connectivity index (χ2v) is 3.80. The minimum atomic E-state index is -1.20. The second kappa shape index (κ2) is 4.14. The van der Waals surface area contributed by atoms with Crippen LogP contribution in [0, 0.1) is 12.7 Å². The van der Waals surface area contributed by atoms with Crippen LogP contribution in [0.4, 0.5) is 4.39 Å². The number of aromatic amines is 1. The number of nitrogens with zero attached hydrogens (tertiary/aromatic N) is 2. The lowest BCUT2D eigenvalue weighted by molar-refractivity contribution is 0.584. The molecule has 2 rings (SSSR count). The van der Waals surface area contributed by atoms with E-state index < -0.39 is 22.2 Å². The molecule has 0 spiro atoms. The van der Waals surface area contributed by atoms with Crippen LogP contribution >= 0.6 is 11.6 Å². The van der Waals surface area contributed by atoms with Crippen LogP contribution in [-0.2, 0) is 0 Å². The van der Waals surface area contributed by atoms with E-state index in [1.807, 2.05) is 4.98 Å². The van der Waals surface area contributed by atoms with Crippen LogP contribution in [0.2, 0.25) is 5.15 Å². The van der Waals surface area contributed by atoms with Gasteiger partial charge in [0.1, 0.15) is 0 Å². The fourth-order valence-electron chi connectivity index (χ4n) is 1.38. The van der Waals surface area contributed by atoms with Gasteiger partial charge in [-0.05, 0) is 18.6 Å². The molecule has 0 radical (unpaired) electrons. The zero-order valence-electron chi connectivity index (χ0n) is 8.70. The minimum Gasteiger partial charge on any atom is -0.295 e. The maximum Gasteiger partial charge on any atom is 0.334 e. The summed E-state index contributed by atoms with van der Waals surface area (Å²) in [7, 11) is 0. The van der Waals surface area contributed by atoms with Gasteiger partial charge in [0, 0.05) is 6.20 Å². The summed E-state index contributed by atoms with van der Waals surface area (Å²) in [6.45, 7) is 1.74. The molecule has 0 saturated carbocycles. The van der Waals surface area contributed by atoms with Crippen molar-refractivity contribution in [2.45, 2.75) is 6.92 Å². The molecule has 2 aromatic heterocycles. The first-order valence-electron chi connectivity index (χ1n) is 4.63. The maximum absolute atomic E-state index is 13.3. The Balaban J connectivity index is 2.82. The summed E-state index contributed by atoms with van der Waals surface area (Å²) in [6, 6.07) is 1.54. The summed E-state index contributed by atoms with van der Waals surface area (Å²) in [4.78, 5) is 29.0. The highest BCUT2D eigenvalue weighted by Gasteiger charge is 2.13. The lowest BCUT2D eigenvalue weighted by atomic mass is 10.3. The van der Waals surface area contributed by atoms with Gasteiger partial charge < -0.3 is 0 Å². The van der Waals surface area contributed by atoms with E-state index in [9.17, 15) is 14.0 Å². The molecule has 2 heterocycles. The first-order chi connectivity index (χ1) is 8.00. The average Bonchev–Trinajstić information content (AvgIpc) is 2.26. The van der Waals surface area contributed by atoms with Crippen LogP contribution < -0.4 is 11.2 Å². The van der Waals surface area contributed by atoms with Crippen molar-refractivity contribution in [1.29, 1.82) is 0 Å². The Kier molecular flexibility index (Phi) is 2.81. The highest BCUT2D eigenvalue weighted by atomic mass is 35.5. The van der Waals surface area contributed by atoms with E-state index in [-0.39, 0.29) is 5.69 Å². The van der Waals surface area contributed by atoms with Crippen molar-refractivity contribution >= 4 is 11.6 Å². The molecule has 0 aliphatic carbocycles. The average molecular weight is 256 g/mol. The minimum absolute atomic E-state index is 0.187. The van der Waals surface area contributed by atoms with Gasteiger partial charge in [0.2, 0.25) is 5.82 Å². The number of H-pyrrole nitrogens is 1. The smallest absolute Gasteiger partial charge is 0.295 e. The van der Waals surface area contributed by atoms with Gasteiger partial charge in [-0.15, -0.1) is 0 Å². The van der Waals surface area contributed by atoms with E-state index in [4.69, 9.17) is 11.6 Å². The molecule has 7 heteroatoms. The van der Waals surface area contributed by atoms with Crippen molar-refractivity contribution in [3.8, 4) is 5.69 Å². The van der Waals surface area contributed by atoms with Gasteiger partial charge in [-0.3, -0.25) is 14.8 Å². The van der Waals surface area contributed by atoms with Crippen LogP contribution in [0.1, 0.15) is 5.56 Å². The Bertz CT molecular complexity index is 693. The summed E-state index contributed by atoms with van der Waals surface area (Å²) in [5.74, 6) is -1.20. The number of aryl methyl sites for hydroxylation is 1. The molecular formula is C10H7ClFN3O2. The van der Waals surface area contributed by atoms with Gasteiger partial charge in [0.05, 0.1) is 11.9 Å². The van der Waals surface area contributed by atoms with Gasteiger partial charge in [-0.1, -0.05) is 11.6 Å². The molecule has 0 bridgehead atoms. The molecule has 2 aromatic rings. The number of hydrogen-bond donors (Lipinski definition) is 1. The molecule has 5 nitrogen and oxygen atoms in total. The second-order valence-electron chi connectivity index (χ2n) is 3.42. The molecular weight excluding hydrogens is 249 g/mol. The van der Waals surface area contributed by atoms with Gasteiger partial charge in [-0.25, -0.2) is 9.36 Å². The van der Waals surface area contributed by atoms with Crippen molar-refractivity contribution in [1.82, 2.24) is 14.5 Å². The summed E-state index contributed by atoms with van der Waals surface area (Å²) in [6.07, 6.45) is 2.84. The summed E-state index contributed by atoms with van der Waals surface area (Å²) in [5, 5.41) is -0.600. The highest BCUT2D eigenvalue weighted by Crippen LogP contribution is 2.06. The van der Waals surface area contributed by atoms with Crippen molar-refractivity contribution < 1.29 is 4.39 Å². The van der Waals surface area contributed by atoms with Gasteiger partial charge >= 0.3 is 5.69 Å². The molecule has 0 amide bonds. The van der Waals surface area contributed by atoms with E-state index in [0.717, 1.165) is 5.56 Å². The number of hydrogen-bond acceptors (Lipinski definition) is 3. The molecule has 1 N–H and O–H groups in total. The largest absolute Gasteiger partial charge is 0.334 e. The van der Waals surface area contributed by atoms with E-state index >= 15 is 0 Å². The molecule has 0 saturated heterocycles. The quantitative estimate of drug-likeness (QED) is 0.774. The Morgan fingerprint density at radius 2 is 2.12 bits per heavy atom. The van der Waals surface area contributed by atoms with E-state index in [1.54, 1.807) is 13.1 Å². The Morgan fingerprint density at radius 3 is 2.76 bits per heavy atom. The van der Waals surface area contributed by atoms with Gasteiger partial charge in [-0.2, -0.15) is 4.39 Å². The molecule has 0 unspecified atom stereocenters. The zero-order chi connectivity index (χ0) is 12.6. The first kappa shape index (κ1) is 11.5. The number of pyridine rings is 1.